The van der Waals surface area contributed by atoms with Crippen LogP contribution in [0, 0.1) is 17.3 Å². The summed E-state index contributed by atoms with van der Waals surface area (Å²) in [7, 11) is -2.16. The van der Waals surface area contributed by atoms with Gasteiger partial charge in [0, 0.05) is 12.8 Å². The molecule has 1 saturated carbocycles. The summed E-state index contributed by atoms with van der Waals surface area (Å²) in [6, 6.07) is -7.14. The average Bonchev–Trinajstić information content (AvgIpc) is 3.11. The molecule has 0 aromatic heterocycles. The quantitative estimate of drug-likeness (QED) is 0.0394. The van der Waals surface area contributed by atoms with E-state index in [1.54, 1.807) is 27.7 Å². The summed E-state index contributed by atoms with van der Waals surface area (Å²) >= 11 is 0. The van der Waals surface area contributed by atoms with Gasteiger partial charge < -0.3 is 61.9 Å². The van der Waals surface area contributed by atoms with Gasteiger partial charge in [-0.1, -0.05) is 60.8 Å². The van der Waals surface area contributed by atoms with Crippen LogP contribution >= 0.6 is 0 Å². The Kier molecular flexibility index (Phi) is 21.9. The highest BCUT2D eigenvalue weighted by molar-refractivity contribution is 6.32. The van der Waals surface area contributed by atoms with Gasteiger partial charge in [0.1, 0.15) is 36.4 Å². The first-order valence-corrected chi connectivity index (χ1v) is 19.4. The fourth-order valence-corrected chi connectivity index (χ4v) is 6.30. The maximum Gasteiger partial charge on any atom is 0.635 e. The van der Waals surface area contributed by atoms with E-state index < -0.39 is 141 Å². The van der Waals surface area contributed by atoms with Crippen LogP contribution < -0.4 is 31.9 Å². The Labute approximate surface area is 337 Å². The van der Waals surface area contributed by atoms with E-state index in [0.717, 1.165) is 6.42 Å². The molecule has 11 N–H and O–H groups in total. The predicted molar refractivity (Wildman–Crippen MR) is 205 cm³/mol. The van der Waals surface area contributed by atoms with Crippen molar-refractivity contribution in [2.24, 2.45) is 17.3 Å². The number of amides is 6. The second-order valence-corrected chi connectivity index (χ2v) is 15.9. The first-order valence-electron chi connectivity index (χ1n) is 19.4. The SMILES string of the molecule is CCC(NC(=O)[C@H](CC(C)C)NC(=O)[C@@H](NC(=O)[C@@H](NC(=O)[C@H](CCC(=O)O)NC(=O)[C@H](CC(=O)O)NC(=O)CCC(=O)O)C1CCCCC1)C(C)(C)C)OB(O)O. The molecule has 22 heteroatoms. The summed E-state index contributed by atoms with van der Waals surface area (Å²) in [6.45, 7) is 10.3. The second-order valence-electron chi connectivity index (χ2n) is 15.9. The van der Waals surface area contributed by atoms with E-state index in [0.29, 0.717) is 25.7 Å². The Morgan fingerprint density at radius 2 is 1.21 bits per heavy atom. The van der Waals surface area contributed by atoms with E-state index in [1.165, 1.54) is 0 Å². The summed E-state index contributed by atoms with van der Waals surface area (Å²) in [4.78, 5) is 115. The maximum absolute atomic E-state index is 14.2. The molecule has 6 atom stereocenters. The summed E-state index contributed by atoms with van der Waals surface area (Å²) in [6.07, 6.45) is -0.845. The Morgan fingerprint density at radius 3 is 1.71 bits per heavy atom. The number of nitrogens with one attached hydrogen (secondary N) is 6. The first kappa shape index (κ1) is 51.2. The summed E-state index contributed by atoms with van der Waals surface area (Å²) in [5, 5.41) is 61.0. The molecule has 328 valence electrons. The molecule has 0 radical (unpaired) electrons. The van der Waals surface area contributed by atoms with Crippen LogP contribution in [-0.4, -0.2) is 122 Å². The monoisotopic (exact) mass is 828 g/mol. The highest BCUT2D eigenvalue weighted by atomic mass is 16.6. The fraction of sp³-hybridized carbons (Fsp3) is 0.750. The number of hydrogen-bond donors (Lipinski definition) is 11. The molecule has 0 spiro atoms. The first-order chi connectivity index (χ1) is 26.9. The molecule has 1 rings (SSSR count). The maximum atomic E-state index is 14.2. The number of carbonyl (C=O) groups excluding carboxylic acids is 6. The summed E-state index contributed by atoms with van der Waals surface area (Å²) < 4.78 is 4.89. The Balaban J connectivity index is 3.44. The van der Waals surface area contributed by atoms with Gasteiger partial charge in [0.25, 0.3) is 0 Å². The van der Waals surface area contributed by atoms with Gasteiger partial charge in [0.15, 0.2) is 0 Å². The molecular weight excluding hydrogens is 767 g/mol. The topological polar surface area (TPSA) is 336 Å². The summed E-state index contributed by atoms with van der Waals surface area (Å²) in [5.74, 6) is -10.1. The van der Waals surface area contributed by atoms with Crippen LogP contribution in [0.5, 0.6) is 0 Å². The zero-order valence-corrected chi connectivity index (χ0v) is 34.0. The standard InChI is InChI=1S/C36H61BN6O15/c1-7-25(58-37(56)57)41-33(53)22(17-19(2)3)40-35(55)30(36(4,5)6)43-34(54)29(20-11-9-8-10-12-20)42-31(51)21(13-15-26(45)46)39-32(52)23(18-28(49)50)38-24(44)14-16-27(47)48/h19-23,25,29-30,56-57H,7-18H2,1-6H3,(H,38,44)(H,39,52)(H,40,55)(H,41,53)(H,42,51)(H,43,54)(H,45,46)(H,47,48)(H,49,50)/t21-,22-,23-,25?,29-,30+/m0/s1. The van der Waals surface area contributed by atoms with Crippen LogP contribution in [0.4, 0.5) is 0 Å². The van der Waals surface area contributed by atoms with Crippen molar-refractivity contribution in [2.75, 3.05) is 0 Å². The molecule has 58 heavy (non-hydrogen) atoms. The molecule has 0 heterocycles. The van der Waals surface area contributed by atoms with Gasteiger partial charge >= 0.3 is 25.2 Å². The Morgan fingerprint density at radius 1 is 0.655 bits per heavy atom. The third-order valence-corrected chi connectivity index (χ3v) is 9.29. The molecule has 1 aliphatic carbocycles. The highest BCUT2D eigenvalue weighted by Crippen LogP contribution is 2.28. The molecule has 0 saturated heterocycles. The number of rotatable bonds is 25. The van der Waals surface area contributed by atoms with Gasteiger partial charge in [-0.2, -0.15) is 0 Å². The largest absolute Gasteiger partial charge is 0.635 e. The molecule has 0 aliphatic heterocycles. The number of aliphatic carboxylic acids is 3. The minimum absolute atomic E-state index is 0.101. The normalized spacial score (nSPS) is 16.3. The lowest BCUT2D eigenvalue weighted by Gasteiger charge is -2.36. The van der Waals surface area contributed by atoms with Crippen LogP contribution in [0.15, 0.2) is 0 Å². The lowest BCUT2D eigenvalue weighted by molar-refractivity contribution is -0.142. The number of carbonyl (C=O) groups is 9. The molecule has 1 unspecified atom stereocenters. The van der Waals surface area contributed by atoms with Gasteiger partial charge in [-0.25, -0.2) is 0 Å². The molecule has 0 aromatic rings. The van der Waals surface area contributed by atoms with Crippen molar-refractivity contribution in [3.63, 3.8) is 0 Å². The minimum atomic E-state index is -2.16. The zero-order valence-electron chi connectivity index (χ0n) is 34.0. The third-order valence-electron chi connectivity index (χ3n) is 9.29. The van der Waals surface area contributed by atoms with Crippen LogP contribution in [0.3, 0.4) is 0 Å². The van der Waals surface area contributed by atoms with Crippen LogP contribution in [-0.2, 0) is 47.8 Å². The zero-order chi connectivity index (χ0) is 44.3. The molecule has 1 aliphatic rings. The molecule has 21 nitrogen and oxygen atoms in total. The highest BCUT2D eigenvalue weighted by Gasteiger charge is 2.40. The van der Waals surface area contributed by atoms with Crippen molar-refractivity contribution < 1.29 is 73.2 Å². The Hall–Kier alpha value is -4.83. The van der Waals surface area contributed by atoms with Gasteiger partial charge in [-0.15, -0.1) is 0 Å². The van der Waals surface area contributed by atoms with Crippen molar-refractivity contribution in [3.8, 4) is 0 Å². The fourth-order valence-electron chi connectivity index (χ4n) is 6.30. The predicted octanol–water partition coefficient (Wildman–Crippen LogP) is -0.874. The van der Waals surface area contributed by atoms with Crippen molar-refractivity contribution in [1.29, 1.82) is 0 Å². The lowest BCUT2D eigenvalue weighted by Crippen LogP contribution is -2.63. The van der Waals surface area contributed by atoms with Gasteiger partial charge in [0.2, 0.25) is 35.4 Å². The molecule has 0 bridgehead atoms. The molecule has 6 amide bonds. The van der Waals surface area contributed by atoms with Gasteiger partial charge in [-0.05, 0) is 49.4 Å². The summed E-state index contributed by atoms with van der Waals surface area (Å²) in [5.41, 5.74) is -0.970. The molecule has 0 aromatic carbocycles. The molecule has 1 fully saturated rings. The van der Waals surface area contributed by atoms with Crippen LogP contribution in [0.1, 0.15) is 119 Å². The van der Waals surface area contributed by atoms with Crippen molar-refractivity contribution in [3.05, 3.63) is 0 Å². The average molecular weight is 829 g/mol. The minimum Gasteiger partial charge on any atom is -0.481 e. The number of carboxylic acids is 3. The van der Waals surface area contributed by atoms with Crippen molar-refractivity contribution in [2.45, 2.75) is 155 Å². The van der Waals surface area contributed by atoms with E-state index in [2.05, 4.69) is 31.9 Å². The Bertz CT molecular complexity index is 1450. The van der Waals surface area contributed by atoms with E-state index in [1.807, 2.05) is 13.8 Å². The second kappa shape index (κ2) is 24.8. The van der Waals surface area contributed by atoms with E-state index >= 15 is 0 Å². The van der Waals surface area contributed by atoms with Crippen LogP contribution in [0.2, 0.25) is 0 Å². The lowest BCUT2D eigenvalue weighted by atomic mass is 9.82. The van der Waals surface area contributed by atoms with E-state index in [-0.39, 0.29) is 18.8 Å². The van der Waals surface area contributed by atoms with Gasteiger partial charge in [-0.3, -0.25) is 43.2 Å². The van der Waals surface area contributed by atoms with E-state index in [4.69, 9.17) is 9.76 Å². The van der Waals surface area contributed by atoms with Crippen LogP contribution in [0.25, 0.3) is 0 Å². The number of hydrogen-bond acceptors (Lipinski definition) is 12. The molecular formula is C36H61BN6O15. The van der Waals surface area contributed by atoms with E-state index in [9.17, 15) is 63.4 Å². The van der Waals surface area contributed by atoms with Crippen molar-refractivity contribution >= 4 is 60.7 Å². The number of carboxylic acid groups (broad SMARTS) is 3. The smallest absolute Gasteiger partial charge is 0.481 e. The van der Waals surface area contributed by atoms with Gasteiger partial charge in [0.05, 0.1) is 12.8 Å². The van der Waals surface area contributed by atoms with Crippen molar-refractivity contribution in [1.82, 2.24) is 31.9 Å². The third kappa shape index (κ3) is 19.6.